The fraction of sp³-hybridized carbons (Fsp3) is 0.0938. The first-order chi connectivity index (χ1) is 20.4. The van der Waals surface area contributed by atoms with Crippen LogP contribution < -0.4 is 20.2 Å². The van der Waals surface area contributed by atoms with Crippen LogP contribution in [0.1, 0.15) is 27.0 Å². The van der Waals surface area contributed by atoms with Crippen molar-refractivity contribution < 1.29 is 18.7 Å². The predicted molar refractivity (Wildman–Crippen MR) is 166 cm³/mol. The number of aromatic nitrogens is 1. The summed E-state index contributed by atoms with van der Waals surface area (Å²) in [6.45, 7) is 2.16. The Morgan fingerprint density at radius 2 is 1.86 bits per heavy atom. The number of rotatable bonds is 10. The maximum Gasteiger partial charge on any atom is 0.271 e. The zero-order chi connectivity index (χ0) is 29.5. The number of aryl methyl sites for hydroxylation is 1. The Labute approximate surface area is 251 Å². The molecule has 2 N–H and O–H groups in total. The normalized spacial score (nSPS) is 11.0. The van der Waals surface area contributed by atoms with Gasteiger partial charge in [0.1, 0.15) is 12.4 Å². The Bertz CT molecular complexity index is 1720. The number of thiazole rings is 1. The van der Waals surface area contributed by atoms with Crippen LogP contribution in [0.15, 0.2) is 95.4 Å². The van der Waals surface area contributed by atoms with Crippen LogP contribution in [0.4, 0.5) is 15.2 Å². The Kier molecular flexibility index (Phi) is 9.11. The summed E-state index contributed by atoms with van der Waals surface area (Å²) in [6.07, 6.45) is 1.45. The van der Waals surface area contributed by atoms with Gasteiger partial charge in [-0.05, 0) is 66.6 Å². The van der Waals surface area contributed by atoms with E-state index < -0.39 is 0 Å². The molecule has 212 valence electrons. The summed E-state index contributed by atoms with van der Waals surface area (Å²) >= 11 is 7.93. The number of carbonyl (C=O) groups is 1. The van der Waals surface area contributed by atoms with Crippen molar-refractivity contribution in [3.8, 4) is 22.8 Å². The summed E-state index contributed by atoms with van der Waals surface area (Å²) in [5, 5.41) is 10.4. The number of amides is 1. The molecule has 0 bridgehead atoms. The topological polar surface area (TPSA) is 84.8 Å². The number of nitrogens with zero attached hydrogens (tertiary/aromatic N) is 2. The molecule has 1 aromatic heterocycles. The van der Waals surface area contributed by atoms with Gasteiger partial charge in [-0.25, -0.2) is 14.8 Å². The molecule has 0 spiro atoms. The fourth-order valence-corrected chi connectivity index (χ4v) is 5.00. The molecule has 7 nitrogen and oxygen atoms in total. The van der Waals surface area contributed by atoms with Crippen LogP contribution in [0.2, 0.25) is 5.02 Å². The molecular formula is C32H26ClFN4O3S. The summed E-state index contributed by atoms with van der Waals surface area (Å²) in [5.41, 5.74) is 8.08. The highest BCUT2D eigenvalue weighted by Crippen LogP contribution is 2.36. The van der Waals surface area contributed by atoms with Crippen LogP contribution in [-0.2, 0) is 6.61 Å². The SMILES string of the molecule is COc1cc(/C=N\NC(=O)c2ccc(-c3csc(Nc4ccc(C)cc4)n3)cc2)cc(Cl)c1OCc1cccc(F)c1. The van der Waals surface area contributed by atoms with E-state index in [4.69, 9.17) is 21.1 Å². The number of ether oxygens (including phenoxy) is 2. The highest BCUT2D eigenvalue weighted by molar-refractivity contribution is 7.14. The van der Waals surface area contributed by atoms with E-state index in [1.165, 1.54) is 42.4 Å². The largest absolute Gasteiger partial charge is 0.493 e. The van der Waals surface area contributed by atoms with Crippen molar-refractivity contribution in [2.75, 3.05) is 12.4 Å². The monoisotopic (exact) mass is 600 g/mol. The molecule has 0 atom stereocenters. The van der Waals surface area contributed by atoms with E-state index in [9.17, 15) is 9.18 Å². The van der Waals surface area contributed by atoms with Crippen LogP contribution in [0, 0.1) is 12.7 Å². The lowest BCUT2D eigenvalue weighted by Crippen LogP contribution is -2.17. The highest BCUT2D eigenvalue weighted by Gasteiger charge is 2.13. The molecule has 0 aliphatic heterocycles. The minimum absolute atomic E-state index is 0.115. The Morgan fingerprint density at radius 1 is 1.07 bits per heavy atom. The highest BCUT2D eigenvalue weighted by atomic mass is 35.5. The van der Waals surface area contributed by atoms with Crippen molar-refractivity contribution >= 4 is 45.9 Å². The van der Waals surface area contributed by atoms with E-state index >= 15 is 0 Å². The Morgan fingerprint density at radius 3 is 2.60 bits per heavy atom. The second-order valence-electron chi connectivity index (χ2n) is 9.26. The molecule has 5 aromatic rings. The molecule has 1 heterocycles. The first-order valence-corrected chi connectivity index (χ1v) is 14.1. The van der Waals surface area contributed by atoms with Gasteiger partial charge in [0.2, 0.25) is 0 Å². The van der Waals surface area contributed by atoms with E-state index in [1.54, 1.807) is 36.4 Å². The minimum Gasteiger partial charge on any atom is -0.493 e. The average molecular weight is 601 g/mol. The van der Waals surface area contributed by atoms with Crippen molar-refractivity contribution in [3.63, 3.8) is 0 Å². The summed E-state index contributed by atoms with van der Waals surface area (Å²) in [7, 11) is 1.49. The molecule has 0 saturated carbocycles. The molecule has 0 aliphatic carbocycles. The quantitative estimate of drug-likeness (QED) is 0.125. The molecule has 10 heteroatoms. The molecular weight excluding hydrogens is 575 g/mol. The zero-order valence-corrected chi connectivity index (χ0v) is 24.3. The number of nitrogens with one attached hydrogen (secondary N) is 2. The minimum atomic E-state index is -0.370. The van der Waals surface area contributed by atoms with Crippen molar-refractivity contribution in [3.05, 3.63) is 123 Å². The lowest BCUT2D eigenvalue weighted by Gasteiger charge is -2.13. The lowest BCUT2D eigenvalue weighted by molar-refractivity contribution is 0.0955. The van der Waals surface area contributed by atoms with Crippen LogP contribution in [0.25, 0.3) is 11.3 Å². The third-order valence-electron chi connectivity index (χ3n) is 6.15. The number of benzene rings is 4. The Balaban J connectivity index is 1.18. The zero-order valence-electron chi connectivity index (χ0n) is 22.7. The number of hydrogen-bond acceptors (Lipinski definition) is 7. The molecule has 0 unspecified atom stereocenters. The van der Waals surface area contributed by atoms with E-state index in [0.717, 1.165) is 22.1 Å². The van der Waals surface area contributed by atoms with Gasteiger partial charge in [0.05, 0.1) is 24.0 Å². The van der Waals surface area contributed by atoms with Crippen molar-refractivity contribution in [1.82, 2.24) is 10.4 Å². The van der Waals surface area contributed by atoms with E-state index in [2.05, 4.69) is 20.8 Å². The number of carbonyl (C=O) groups excluding carboxylic acids is 1. The van der Waals surface area contributed by atoms with Gasteiger partial charge in [0.25, 0.3) is 5.91 Å². The smallest absolute Gasteiger partial charge is 0.271 e. The average Bonchev–Trinajstić information content (AvgIpc) is 3.46. The molecule has 0 aliphatic rings. The second-order valence-corrected chi connectivity index (χ2v) is 10.5. The number of methoxy groups -OCH3 is 1. The standard InChI is InChI=1S/C32H26ClFN4O3S/c1-20-6-12-26(13-7-20)36-32-37-28(19-42-32)23-8-10-24(11-9-23)31(39)38-35-17-22-15-27(33)30(29(16-22)40-2)41-18-21-4-3-5-25(34)14-21/h3-17,19H,18H2,1-2H3,(H,36,37)(H,38,39)/b35-17-. The van der Waals surface area contributed by atoms with Gasteiger partial charge >= 0.3 is 0 Å². The molecule has 1 amide bonds. The van der Waals surface area contributed by atoms with Crippen molar-refractivity contribution in [2.24, 2.45) is 5.10 Å². The van der Waals surface area contributed by atoms with Crippen LogP contribution in [-0.4, -0.2) is 24.2 Å². The van der Waals surface area contributed by atoms with E-state index in [1.807, 2.05) is 48.7 Å². The first-order valence-electron chi connectivity index (χ1n) is 12.9. The maximum absolute atomic E-state index is 13.5. The molecule has 0 fully saturated rings. The fourth-order valence-electron chi connectivity index (χ4n) is 3.98. The van der Waals surface area contributed by atoms with Crippen molar-refractivity contribution in [2.45, 2.75) is 13.5 Å². The van der Waals surface area contributed by atoms with Gasteiger partial charge in [-0.1, -0.05) is 53.6 Å². The summed E-state index contributed by atoms with van der Waals surface area (Å²) in [6, 6.07) is 24.6. The molecule has 42 heavy (non-hydrogen) atoms. The van der Waals surface area contributed by atoms with Gasteiger partial charge in [0.15, 0.2) is 16.6 Å². The summed E-state index contributed by atoms with van der Waals surface area (Å²) in [5.74, 6) is -0.0193. The third kappa shape index (κ3) is 7.31. The maximum atomic E-state index is 13.5. The van der Waals surface area contributed by atoms with Crippen LogP contribution >= 0.6 is 22.9 Å². The lowest BCUT2D eigenvalue weighted by atomic mass is 10.1. The number of hydrazone groups is 1. The van der Waals surface area contributed by atoms with E-state index in [0.29, 0.717) is 28.2 Å². The van der Waals surface area contributed by atoms with Gasteiger partial charge in [-0.15, -0.1) is 11.3 Å². The molecule has 0 saturated heterocycles. The predicted octanol–water partition coefficient (Wildman–Crippen LogP) is 8.01. The first kappa shape index (κ1) is 28.8. The van der Waals surface area contributed by atoms with Crippen LogP contribution in [0.5, 0.6) is 11.5 Å². The second kappa shape index (κ2) is 13.3. The number of halogens is 2. The van der Waals surface area contributed by atoms with Gasteiger partial charge < -0.3 is 14.8 Å². The van der Waals surface area contributed by atoms with Gasteiger partial charge in [-0.2, -0.15) is 5.10 Å². The number of hydrogen-bond donors (Lipinski definition) is 2. The van der Waals surface area contributed by atoms with E-state index in [-0.39, 0.29) is 23.4 Å². The van der Waals surface area contributed by atoms with Gasteiger partial charge in [0, 0.05) is 22.2 Å². The Hall–Kier alpha value is -4.73. The summed E-state index contributed by atoms with van der Waals surface area (Å²) in [4.78, 5) is 17.3. The molecule has 0 radical (unpaired) electrons. The molecule has 5 rings (SSSR count). The van der Waals surface area contributed by atoms with Crippen LogP contribution in [0.3, 0.4) is 0 Å². The molecule has 4 aromatic carbocycles. The third-order valence-corrected chi connectivity index (χ3v) is 7.19. The number of anilines is 2. The van der Waals surface area contributed by atoms with Crippen molar-refractivity contribution in [1.29, 1.82) is 0 Å². The van der Waals surface area contributed by atoms with Gasteiger partial charge in [-0.3, -0.25) is 4.79 Å². The summed E-state index contributed by atoms with van der Waals surface area (Å²) < 4.78 is 24.7.